The third-order valence-corrected chi connectivity index (χ3v) is 3.74. The normalized spacial score (nSPS) is 18.9. The highest BCUT2D eigenvalue weighted by Crippen LogP contribution is 2.28. The first kappa shape index (κ1) is 12.8. The molecule has 1 unspecified atom stereocenters. The fourth-order valence-electron chi connectivity index (χ4n) is 2.74. The van der Waals surface area contributed by atoms with Gasteiger partial charge in [0.1, 0.15) is 0 Å². The first-order chi connectivity index (χ1) is 8.74. The Morgan fingerprint density at radius 3 is 3.06 bits per heavy atom. The van der Waals surface area contributed by atoms with Crippen LogP contribution in [0.2, 0.25) is 0 Å². The molecule has 18 heavy (non-hydrogen) atoms. The van der Waals surface area contributed by atoms with Crippen LogP contribution in [-0.4, -0.2) is 13.1 Å². The average molecular weight is 243 g/mol. The van der Waals surface area contributed by atoms with E-state index in [1.807, 2.05) is 6.07 Å². The van der Waals surface area contributed by atoms with Crippen molar-refractivity contribution in [3.63, 3.8) is 0 Å². The molecule has 1 atom stereocenters. The summed E-state index contributed by atoms with van der Waals surface area (Å²) in [5, 5.41) is 8.79. The highest BCUT2D eigenvalue weighted by molar-refractivity contribution is 5.59. The molecule has 1 aromatic carbocycles. The van der Waals surface area contributed by atoms with Crippen LogP contribution >= 0.6 is 0 Å². The number of nitrogen functional groups attached to an aromatic ring is 1. The minimum absolute atomic E-state index is 0.395. The number of nitrogens with two attached hydrogens (primary N) is 1. The summed E-state index contributed by atoms with van der Waals surface area (Å²) < 4.78 is 0. The molecule has 1 aliphatic rings. The molecule has 2 N–H and O–H groups in total. The summed E-state index contributed by atoms with van der Waals surface area (Å²) >= 11 is 0. The standard InChI is InChI=1S/C15H21N3/c1-2-3-12-7-9-18(11-12)14-4-5-15(17)13(10-14)6-8-16/h4-5,10,12H,2-3,6-7,9,11,17H2,1H3. The molecule has 3 nitrogen and oxygen atoms in total. The second-order valence-electron chi connectivity index (χ2n) is 5.11. The monoisotopic (exact) mass is 243 g/mol. The number of anilines is 2. The molecule has 0 bridgehead atoms. The summed E-state index contributed by atoms with van der Waals surface area (Å²) in [5.74, 6) is 0.826. The predicted octanol–water partition coefficient (Wildman–Crippen LogP) is 2.96. The van der Waals surface area contributed by atoms with Crippen LogP contribution in [0.5, 0.6) is 0 Å². The molecule has 1 saturated heterocycles. The lowest BCUT2D eigenvalue weighted by Gasteiger charge is -2.20. The highest BCUT2D eigenvalue weighted by Gasteiger charge is 2.22. The van der Waals surface area contributed by atoms with Crippen molar-refractivity contribution in [1.29, 1.82) is 5.26 Å². The zero-order valence-corrected chi connectivity index (χ0v) is 11.0. The Balaban J connectivity index is 2.10. The molecule has 0 aromatic heterocycles. The van der Waals surface area contributed by atoms with Gasteiger partial charge in [-0.25, -0.2) is 0 Å². The predicted molar refractivity (Wildman–Crippen MR) is 75.4 cm³/mol. The summed E-state index contributed by atoms with van der Waals surface area (Å²) in [7, 11) is 0. The molecule has 96 valence electrons. The number of rotatable bonds is 4. The van der Waals surface area contributed by atoms with Gasteiger partial charge in [-0.15, -0.1) is 0 Å². The van der Waals surface area contributed by atoms with Gasteiger partial charge in [-0.05, 0) is 42.5 Å². The number of hydrogen-bond acceptors (Lipinski definition) is 3. The van der Waals surface area contributed by atoms with Crippen molar-refractivity contribution < 1.29 is 0 Å². The van der Waals surface area contributed by atoms with E-state index in [4.69, 9.17) is 11.0 Å². The number of nitriles is 1. The zero-order valence-electron chi connectivity index (χ0n) is 11.0. The maximum atomic E-state index is 8.79. The molecular formula is C15H21N3. The van der Waals surface area contributed by atoms with Gasteiger partial charge in [0.2, 0.25) is 0 Å². The van der Waals surface area contributed by atoms with Gasteiger partial charge in [0.15, 0.2) is 0 Å². The van der Waals surface area contributed by atoms with Gasteiger partial charge in [-0.1, -0.05) is 13.3 Å². The van der Waals surface area contributed by atoms with Crippen LogP contribution in [-0.2, 0) is 6.42 Å². The van der Waals surface area contributed by atoms with E-state index in [9.17, 15) is 0 Å². The molecule has 1 aliphatic heterocycles. The van der Waals surface area contributed by atoms with E-state index in [0.717, 1.165) is 30.3 Å². The molecule has 1 aromatic rings. The summed E-state index contributed by atoms with van der Waals surface area (Å²) in [6, 6.07) is 8.25. The fourth-order valence-corrected chi connectivity index (χ4v) is 2.74. The van der Waals surface area contributed by atoms with Gasteiger partial charge < -0.3 is 10.6 Å². The van der Waals surface area contributed by atoms with Crippen LogP contribution in [0.1, 0.15) is 31.7 Å². The maximum Gasteiger partial charge on any atom is 0.0670 e. The Bertz CT molecular complexity index is 448. The smallest absolute Gasteiger partial charge is 0.0670 e. The number of hydrogen-bond donors (Lipinski definition) is 1. The van der Waals surface area contributed by atoms with E-state index in [1.54, 1.807) is 0 Å². The molecular weight excluding hydrogens is 222 g/mol. The molecule has 3 heteroatoms. The highest BCUT2D eigenvalue weighted by atomic mass is 15.1. The lowest BCUT2D eigenvalue weighted by Crippen LogP contribution is -2.19. The van der Waals surface area contributed by atoms with Crippen LogP contribution in [0, 0.1) is 17.2 Å². The van der Waals surface area contributed by atoms with Gasteiger partial charge in [0, 0.05) is 24.5 Å². The minimum Gasteiger partial charge on any atom is -0.398 e. The van der Waals surface area contributed by atoms with Crippen molar-refractivity contribution >= 4 is 11.4 Å². The Kier molecular flexibility index (Phi) is 4.09. The Morgan fingerprint density at radius 2 is 2.33 bits per heavy atom. The van der Waals surface area contributed by atoms with Crippen molar-refractivity contribution in [1.82, 2.24) is 0 Å². The average Bonchev–Trinajstić information content (AvgIpc) is 2.81. The van der Waals surface area contributed by atoms with Gasteiger partial charge in [0.25, 0.3) is 0 Å². The Hall–Kier alpha value is -1.69. The molecule has 0 aliphatic carbocycles. The Labute approximate surface area is 109 Å². The number of nitrogens with zero attached hydrogens (tertiary/aromatic N) is 2. The van der Waals surface area contributed by atoms with Crippen LogP contribution in [0.4, 0.5) is 11.4 Å². The van der Waals surface area contributed by atoms with E-state index >= 15 is 0 Å². The minimum atomic E-state index is 0.395. The summed E-state index contributed by atoms with van der Waals surface area (Å²) in [6.45, 7) is 4.52. The van der Waals surface area contributed by atoms with Gasteiger partial charge in [-0.2, -0.15) is 5.26 Å². The van der Waals surface area contributed by atoms with E-state index in [1.165, 1.54) is 24.9 Å². The molecule has 1 fully saturated rings. The summed E-state index contributed by atoms with van der Waals surface area (Å²) in [4.78, 5) is 2.42. The SMILES string of the molecule is CCCC1CCN(c2ccc(N)c(CC#N)c2)C1. The lowest BCUT2D eigenvalue weighted by molar-refractivity contribution is 0.530. The zero-order chi connectivity index (χ0) is 13.0. The third kappa shape index (κ3) is 2.76. The first-order valence-corrected chi connectivity index (χ1v) is 6.75. The maximum absolute atomic E-state index is 8.79. The van der Waals surface area contributed by atoms with Crippen LogP contribution in [0.3, 0.4) is 0 Å². The lowest BCUT2D eigenvalue weighted by atomic mass is 10.0. The van der Waals surface area contributed by atoms with Crippen molar-refractivity contribution in [3.8, 4) is 6.07 Å². The second kappa shape index (κ2) is 5.77. The van der Waals surface area contributed by atoms with Crippen molar-refractivity contribution in [2.24, 2.45) is 5.92 Å². The van der Waals surface area contributed by atoms with Crippen LogP contribution in [0.25, 0.3) is 0 Å². The van der Waals surface area contributed by atoms with Gasteiger partial charge in [0.05, 0.1) is 12.5 Å². The molecule has 0 spiro atoms. The largest absolute Gasteiger partial charge is 0.398 e. The molecule has 0 saturated carbocycles. The topological polar surface area (TPSA) is 53.0 Å². The third-order valence-electron chi connectivity index (χ3n) is 3.74. The summed E-state index contributed by atoms with van der Waals surface area (Å²) in [6.07, 6.45) is 4.26. The second-order valence-corrected chi connectivity index (χ2v) is 5.11. The Morgan fingerprint density at radius 1 is 1.50 bits per heavy atom. The van der Waals surface area contributed by atoms with Crippen molar-refractivity contribution in [3.05, 3.63) is 23.8 Å². The number of benzene rings is 1. The van der Waals surface area contributed by atoms with Gasteiger partial charge >= 0.3 is 0 Å². The quantitative estimate of drug-likeness (QED) is 0.827. The van der Waals surface area contributed by atoms with E-state index in [0.29, 0.717) is 6.42 Å². The molecule has 0 amide bonds. The van der Waals surface area contributed by atoms with E-state index < -0.39 is 0 Å². The molecule has 0 radical (unpaired) electrons. The van der Waals surface area contributed by atoms with Crippen molar-refractivity contribution in [2.75, 3.05) is 23.7 Å². The first-order valence-electron chi connectivity index (χ1n) is 6.75. The fraction of sp³-hybridized carbons (Fsp3) is 0.533. The van der Waals surface area contributed by atoms with E-state index in [2.05, 4.69) is 30.0 Å². The van der Waals surface area contributed by atoms with Crippen molar-refractivity contribution in [2.45, 2.75) is 32.6 Å². The van der Waals surface area contributed by atoms with Crippen LogP contribution in [0.15, 0.2) is 18.2 Å². The van der Waals surface area contributed by atoms with Gasteiger partial charge in [-0.3, -0.25) is 0 Å². The molecule has 2 rings (SSSR count). The summed E-state index contributed by atoms with van der Waals surface area (Å²) in [5.41, 5.74) is 8.77. The van der Waals surface area contributed by atoms with Crippen LogP contribution < -0.4 is 10.6 Å². The molecule has 1 heterocycles. The van der Waals surface area contributed by atoms with E-state index in [-0.39, 0.29) is 0 Å².